The maximum Gasteiger partial charge on any atom is 0.256 e. The maximum atomic E-state index is 14.4. The van der Waals surface area contributed by atoms with Crippen LogP contribution in [0.3, 0.4) is 0 Å². The third-order valence-electron chi connectivity index (χ3n) is 3.20. The summed E-state index contributed by atoms with van der Waals surface area (Å²) in [4.78, 5) is 3.92. The topological polar surface area (TPSA) is 34.2 Å². The van der Waals surface area contributed by atoms with Crippen molar-refractivity contribution in [1.82, 2.24) is 10.3 Å². The number of rotatable bonds is 5. The minimum absolute atomic E-state index is 0.103. The maximum absolute atomic E-state index is 14.4. The second-order valence-corrected chi connectivity index (χ2v) is 5.76. The normalized spacial score (nSPS) is 14.2. The minimum Gasteiger partial charge on any atom is -0.435 e. The SMILES string of the molecule is Fc1c(CNC2CC2)ccnc1Oc1cc(Cl)ccc1Cl. The van der Waals surface area contributed by atoms with Crippen molar-refractivity contribution in [3.8, 4) is 11.6 Å². The number of aromatic nitrogens is 1. The Morgan fingerprint density at radius 1 is 1.29 bits per heavy atom. The average molecular weight is 327 g/mol. The summed E-state index contributed by atoms with van der Waals surface area (Å²) in [6, 6.07) is 6.90. The van der Waals surface area contributed by atoms with Gasteiger partial charge in [0.25, 0.3) is 5.88 Å². The van der Waals surface area contributed by atoms with Gasteiger partial charge in [-0.2, -0.15) is 0 Å². The first-order chi connectivity index (χ1) is 10.1. The molecule has 1 saturated carbocycles. The van der Waals surface area contributed by atoms with Crippen LogP contribution in [-0.4, -0.2) is 11.0 Å². The number of hydrogen-bond acceptors (Lipinski definition) is 3. The fourth-order valence-corrected chi connectivity index (χ4v) is 2.19. The van der Waals surface area contributed by atoms with Crippen LogP contribution in [0.15, 0.2) is 30.5 Å². The van der Waals surface area contributed by atoms with Crippen molar-refractivity contribution in [2.45, 2.75) is 25.4 Å². The molecule has 1 N–H and O–H groups in total. The molecule has 2 aromatic rings. The van der Waals surface area contributed by atoms with Gasteiger partial charge < -0.3 is 10.1 Å². The predicted octanol–water partition coefficient (Wildman–Crippen LogP) is 4.57. The van der Waals surface area contributed by atoms with Crippen LogP contribution in [0.4, 0.5) is 4.39 Å². The molecule has 1 heterocycles. The van der Waals surface area contributed by atoms with Crippen molar-refractivity contribution in [2.24, 2.45) is 0 Å². The van der Waals surface area contributed by atoms with Gasteiger partial charge >= 0.3 is 0 Å². The van der Waals surface area contributed by atoms with E-state index in [0.29, 0.717) is 28.2 Å². The van der Waals surface area contributed by atoms with Gasteiger partial charge in [-0.05, 0) is 31.0 Å². The fraction of sp³-hybridized carbons (Fsp3) is 0.267. The summed E-state index contributed by atoms with van der Waals surface area (Å²) in [6.07, 6.45) is 3.81. The standard InChI is InChI=1S/C15H13Cl2FN2O/c16-10-1-4-12(17)13(7-10)21-15-14(18)9(5-6-19-15)8-20-11-2-3-11/h1,4-7,11,20H,2-3,8H2. The van der Waals surface area contributed by atoms with Gasteiger partial charge in [0.15, 0.2) is 5.82 Å². The highest BCUT2D eigenvalue weighted by Crippen LogP contribution is 2.32. The highest BCUT2D eigenvalue weighted by atomic mass is 35.5. The first-order valence-electron chi connectivity index (χ1n) is 6.63. The highest BCUT2D eigenvalue weighted by molar-refractivity contribution is 6.34. The number of nitrogens with zero attached hydrogens (tertiary/aromatic N) is 1. The molecule has 0 unspecified atom stereocenters. The van der Waals surface area contributed by atoms with Crippen LogP contribution in [0.5, 0.6) is 11.6 Å². The lowest BCUT2D eigenvalue weighted by molar-refractivity contribution is 0.417. The number of pyridine rings is 1. The second kappa shape index (κ2) is 6.18. The zero-order valence-electron chi connectivity index (χ0n) is 11.1. The molecule has 0 aliphatic heterocycles. The Hall–Kier alpha value is -1.36. The molecule has 21 heavy (non-hydrogen) atoms. The smallest absolute Gasteiger partial charge is 0.256 e. The molecule has 1 aromatic heterocycles. The lowest BCUT2D eigenvalue weighted by Crippen LogP contribution is -2.16. The molecular formula is C15H13Cl2FN2O. The molecule has 0 radical (unpaired) electrons. The molecule has 6 heteroatoms. The summed E-state index contributed by atoms with van der Waals surface area (Å²) in [5.74, 6) is -0.307. The fourth-order valence-electron chi connectivity index (χ4n) is 1.87. The predicted molar refractivity (Wildman–Crippen MR) is 80.6 cm³/mol. The Bertz CT molecular complexity index is 662. The van der Waals surface area contributed by atoms with Crippen molar-refractivity contribution in [2.75, 3.05) is 0 Å². The molecule has 0 amide bonds. The molecule has 0 bridgehead atoms. The van der Waals surface area contributed by atoms with Crippen LogP contribution >= 0.6 is 23.2 Å². The van der Waals surface area contributed by atoms with Gasteiger partial charge in [0.2, 0.25) is 0 Å². The van der Waals surface area contributed by atoms with Crippen molar-refractivity contribution >= 4 is 23.2 Å². The van der Waals surface area contributed by atoms with Crippen LogP contribution in [0.2, 0.25) is 10.0 Å². The summed E-state index contributed by atoms with van der Waals surface area (Å²) in [6.45, 7) is 0.457. The van der Waals surface area contributed by atoms with E-state index in [1.165, 1.54) is 12.3 Å². The van der Waals surface area contributed by atoms with E-state index < -0.39 is 5.82 Å². The molecule has 3 rings (SSSR count). The molecule has 1 aliphatic carbocycles. The van der Waals surface area contributed by atoms with Gasteiger partial charge in [-0.15, -0.1) is 0 Å². The van der Waals surface area contributed by atoms with E-state index in [1.807, 2.05) is 0 Å². The van der Waals surface area contributed by atoms with Crippen molar-refractivity contribution in [3.63, 3.8) is 0 Å². The molecule has 3 nitrogen and oxygen atoms in total. The van der Waals surface area contributed by atoms with Gasteiger partial charge in [0.05, 0.1) is 5.02 Å². The Balaban J connectivity index is 1.80. The van der Waals surface area contributed by atoms with Crippen molar-refractivity contribution in [3.05, 3.63) is 51.9 Å². The van der Waals surface area contributed by atoms with E-state index in [9.17, 15) is 4.39 Å². The van der Waals surface area contributed by atoms with E-state index in [4.69, 9.17) is 27.9 Å². The lowest BCUT2D eigenvalue weighted by atomic mass is 10.2. The van der Waals surface area contributed by atoms with E-state index in [2.05, 4.69) is 10.3 Å². The van der Waals surface area contributed by atoms with E-state index in [0.717, 1.165) is 12.8 Å². The van der Waals surface area contributed by atoms with Gasteiger partial charge in [0.1, 0.15) is 5.75 Å². The Morgan fingerprint density at radius 2 is 2.10 bits per heavy atom. The number of benzene rings is 1. The number of hydrogen-bond donors (Lipinski definition) is 1. The summed E-state index contributed by atoms with van der Waals surface area (Å²) < 4.78 is 19.8. The van der Waals surface area contributed by atoms with Crippen LogP contribution in [0.25, 0.3) is 0 Å². The van der Waals surface area contributed by atoms with Crippen molar-refractivity contribution in [1.29, 1.82) is 0 Å². The van der Waals surface area contributed by atoms with Gasteiger partial charge in [0, 0.05) is 35.4 Å². The number of ether oxygens (including phenoxy) is 1. The molecule has 1 aliphatic rings. The molecule has 0 spiro atoms. The highest BCUT2D eigenvalue weighted by Gasteiger charge is 2.21. The Labute approximate surface area is 132 Å². The molecular weight excluding hydrogens is 314 g/mol. The Morgan fingerprint density at radius 3 is 2.86 bits per heavy atom. The minimum atomic E-state index is -0.485. The zero-order chi connectivity index (χ0) is 14.8. The molecule has 0 atom stereocenters. The first kappa shape index (κ1) is 14.6. The average Bonchev–Trinajstić information content (AvgIpc) is 3.28. The van der Waals surface area contributed by atoms with Crippen LogP contribution in [-0.2, 0) is 6.54 Å². The summed E-state index contributed by atoms with van der Waals surface area (Å²) in [5.41, 5.74) is 0.519. The van der Waals surface area contributed by atoms with E-state index in [1.54, 1.807) is 18.2 Å². The number of halogens is 3. The van der Waals surface area contributed by atoms with E-state index >= 15 is 0 Å². The summed E-state index contributed by atoms with van der Waals surface area (Å²) >= 11 is 11.9. The third-order valence-corrected chi connectivity index (χ3v) is 3.74. The van der Waals surface area contributed by atoms with Crippen molar-refractivity contribution < 1.29 is 9.13 Å². The van der Waals surface area contributed by atoms with Gasteiger partial charge in [-0.25, -0.2) is 9.37 Å². The molecule has 110 valence electrons. The van der Waals surface area contributed by atoms with Crippen LogP contribution < -0.4 is 10.1 Å². The second-order valence-electron chi connectivity index (χ2n) is 4.92. The quantitative estimate of drug-likeness (QED) is 0.873. The number of nitrogens with one attached hydrogen (secondary N) is 1. The summed E-state index contributed by atoms with van der Waals surface area (Å²) in [7, 11) is 0. The lowest BCUT2D eigenvalue weighted by Gasteiger charge is -2.10. The zero-order valence-corrected chi connectivity index (χ0v) is 12.6. The van der Waals surface area contributed by atoms with E-state index in [-0.39, 0.29) is 11.6 Å². The third kappa shape index (κ3) is 3.64. The monoisotopic (exact) mass is 326 g/mol. The van der Waals surface area contributed by atoms with Crippen LogP contribution in [0, 0.1) is 5.82 Å². The first-order valence-corrected chi connectivity index (χ1v) is 7.39. The van der Waals surface area contributed by atoms with Crippen LogP contribution in [0.1, 0.15) is 18.4 Å². The molecule has 0 saturated heterocycles. The molecule has 1 aromatic carbocycles. The van der Waals surface area contributed by atoms with Gasteiger partial charge in [-0.3, -0.25) is 0 Å². The molecule has 1 fully saturated rings. The largest absolute Gasteiger partial charge is 0.435 e. The van der Waals surface area contributed by atoms with Gasteiger partial charge in [-0.1, -0.05) is 23.2 Å². The Kier molecular flexibility index (Phi) is 4.29. The summed E-state index contributed by atoms with van der Waals surface area (Å²) in [5, 5.41) is 4.06.